The number of hydrogen-bond donors (Lipinski definition) is 1. The van der Waals surface area contributed by atoms with Gasteiger partial charge in [0.05, 0.1) is 11.7 Å². The number of anilines is 1. The molecule has 148 valence electrons. The Balaban J connectivity index is 1.59. The molecule has 6 heteroatoms. The van der Waals surface area contributed by atoms with Crippen molar-refractivity contribution in [3.8, 4) is 11.3 Å². The van der Waals surface area contributed by atoms with E-state index in [9.17, 15) is 0 Å². The maximum Gasteiger partial charge on any atom is 0.174 e. The van der Waals surface area contributed by atoms with Gasteiger partial charge in [0.1, 0.15) is 17.6 Å². The molecule has 1 N–H and O–H groups in total. The molecule has 0 amide bonds. The maximum absolute atomic E-state index is 6.33. The summed E-state index contributed by atoms with van der Waals surface area (Å²) in [6, 6.07) is 27.3. The minimum atomic E-state index is -0.171. The zero-order valence-electron chi connectivity index (χ0n) is 15.9. The Morgan fingerprint density at radius 2 is 1.67 bits per heavy atom. The second-order valence-electron chi connectivity index (χ2n) is 7.04. The van der Waals surface area contributed by atoms with Gasteiger partial charge in [-0.05, 0) is 72.9 Å². The molecule has 4 nitrogen and oxygen atoms in total. The van der Waals surface area contributed by atoms with Crippen molar-refractivity contribution >= 4 is 34.6 Å². The van der Waals surface area contributed by atoms with Gasteiger partial charge in [-0.1, -0.05) is 35.9 Å². The summed E-state index contributed by atoms with van der Waals surface area (Å²) in [5, 5.41) is 4.78. The predicted octanol–water partition coefficient (Wildman–Crippen LogP) is 6.17. The number of hydrogen-bond acceptors (Lipinski definition) is 3. The molecule has 0 radical (unpaired) electrons. The molecule has 2 aromatic heterocycles. The van der Waals surface area contributed by atoms with Crippen LogP contribution in [0.15, 0.2) is 95.5 Å². The first-order chi connectivity index (χ1) is 14.7. The van der Waals surface area contributed by atoms with Crippen molar-refractivity contribution in [2.75, 3.05) is 4.90 Å². The van der Waals surface area contributed by atoms with Gasteiger partial charge >= 0.3 is 0 Å². The lowest BCUT2D eigenvalue weighted by molar-refractivity contribution is 0.439. The topological polar surface area (TPSA) is 41.3 Å². The summed E-state index contributed by atoms with van der Waals surface area (Å²) in [6.45, 7) is 0. The van der Waals surface area contributed by atoms with Crippen molar-refractivity contribution < 1.29 is 4.42 Å². The Morgan fingerprint density at radius 3 is 2.40 bits per heavy atom. The fourth-order valence-electron chi connectivity index (χ4n) is 3.79. The van der Waals surface area contributed by atoms with Crippen LogP contribution in [0.5, 0.6) is 0 Å². The molecular weight excluding hydrogens is 414 g/mol. The molecular formula is C24H18ClN3OS. The molecule has 3 heterocycles. The highest BCUT2D eigenvalue weighted by Gasteiger charge is 2.42. The number of furan rings is 1. The zero-order chi connectivity index (χ0) is 20.5. The summed E-state index contributed by atoms with van der Waals surface area (Å²) in [5.74, 6) is 1.60. The van der Waals surface area contributed by atoms with Gasteiger partial charge in [0.15, 0.2) is 5.11 Å². The van der Waals surface area contributed by atoms with E-state index in [-0.39, 0.29) is 12.1 Å². The van der Waals surface area contributed by atoms with Crippen LogP contribution >= 0.6 is 23.8 Å². The van der Waals surface area contributed by atoms with Gasteiger partial charge in [-0.25, -0.2) is 0 Å². The summed E-state index contributed by atoms with van der Waals surface area (Å²) in [5.41, 5.74) is 2.88. The zero-order valence-corrected chi connectivity index (χ0v) is 17.5. The molecule has 2 atom stereocenters. The van der Waals surface area contributed by atoms with Gasteiger partial charge in [0.2, 0.25) is 0 Å². The number of para-hydroxylation sites is 1. The first-order valence-electron chi connectivity index (χ1n) is 9.62. The summed E-state index contributed by atoms with van der Waals surface area (Å²) in [4.78, 5) is 6.66. The van der Waals surface area contributed by atoms with Gasteiger partial charge in [0.25, 0.3) is 0 Å². The number of rotatable bonds is 4. The molecule has 0 spiro atoms. The lowest BCUT2D eigenvalue weighted by Gasteiger charge is -2.26. The highest BCUT2D eigenvalue weighted by Crippen LogP contribution is 2.42. The predicted molar refractivity (Wildman–Crippen MR) is 124 cm³/mol. The number of aromatic nitrogens is 1. The molecule has 5 rings (SSSR count). The normalized spacial score (nSPS) is 18.4. The number of nitrogens with one attached hydrogen (secondary N) is 1. The molecule has 2 aromatic carbocycles. The third-order valence-corrected chi connectivity index (χ3v) is 5.75. The van der Waals surface area contributed by atoms with Crippen LogP contribution < -0.4 is 10.2 Å². The van der Waals surface area contributed by atoms with E-state index in [1.807, 2.05) is 84.9 Å². The Kier molecular flexibility index (Phi) is 4.99. The van der Waals surface area contributed by atoms with Crippen LogP contribution in [0.25, 0.3) is 11.3 Å². The van der Waals surface area contributed by atoms with E-state index in [1.165, 1.54) is 0 Å². The van der Waals surface area contributed by atoms with Crippen LogP contribution in [0.3, 0.4) is 0 Å². The molecule has 1 fully saturated rings. The highest BCUT2D eigenvalue weighted by molar-refractivity contribution is 7.80. The van der Waals surface area contributed by atoms with E-state index < -0.39 is 0 Å². The lowest BCUT2D eigenvalue weighted by Crippen LogP contribution is -2.29. The Morgan fingerprint density at radius 1 is 0.900 bits per heavy atom. The van der Waals surface area contributed by atoms with Gasteiger partial charge < -0.3 is 14.6 Å². The first kappa shape index (κ1) is 18.9. The Bertz CT molecular complexity index is 1160. The van der Waals surface area contributed by atoms with E-state index in [2.05, 4.69) is 15.2 Å². The fraction of sp³-hybridized carbons (Fsp3) is 0.0833. The fourth-order valence-corrected chi connectivity index (χ4v) is 4.26. The van der Waals surface area contributed by atoms with Gasteiger partial charge in [0, 0.05) is 22.5 Å². The first-order valence-corrected chi connectivity index (χ1v) is 10.4. The van der Waals surface area contributed by atoms with E-state index in [0.29, 0.717) is 10.1 Å². The Hall–Kier alpha value is -3.15. The van der Waals surface area contributed by atoms with Gasteiger partial charge in [-0.15, -0.1) is 0 Å². The summed E-state index contributed by atoms with van der Waals surface area (Å²) in [6.07, 6.45) is 1.80. The summed E-state index contributed by atoms with van der Waals surface area (Å²) >= 11 is 11.8. The molecule has 2 unspecified atom stereocenters. The second kappa shape index (κ2) is 7.94. The van der Waals surface area contributed by atoms with Crippen LogP contribution in [0, 0.1) is 0 Å². The molecule has 1 aliphatic rings. The largest absolute Gasteiger partial charge is 0.459 e. The van der Waals surface area contributed by atoms with Crippen LogP contribution in [0.4, 0.5) is 5.69 Å². The summed E-state index contributed by atoms with van der Waals surface area (Å²) in [7, 11) is 0. The average Bonchev–Trinajstić information content (AvgIpc) is 3.40. The molecule has 0 aliphatic carbocycles. The molecule has 30 heavy (non-hydrogen) atoms. The number of pyridine rings is 1. The average molecular weight is 432 g/mol. The maximum atomic E-state index is 6.33. The molecule has 1 aliphatic heterocycles. The smallest absolute Gasteiger partial charge is 0.174 e. The molecule has 4 aromatic rings. The lowest BCUT2D eigenvalue weighted by atomic mass is 10.0. The van der Waals surface area contributed by atoms with E-state index >= 15 is 0 Å². The van der Waals surface area contributed by atoms with Crippen LogP contribution in [-0.4, -0.2) is 10.1 Å². The van der Waals surface area contributed by atoms with E-state index in [4.69, 9.17) is 28.2 Å². The van der Waals surface area contributed by atoms with E-state index in [1.54, 1.807) is 6.20 Å². The third kappa shape index (κ3) is 3.47. The van der Waals surface area contributed by atoms with Gasteiger partial charge in [-0.3, -0.25) is 4.98 Å². The van der Waals surface area contributed by atoms with Crippen molar-refractivity contribution in [2.24, 2.45) is 0 Å². The van der Waals surface area contributed by atoms with Crippen molar-refractivity contribution in [3.63, 3.8) is 0 Å². The van der Waals surface area contributed by atoms with Crippen LogP contribution in [0.1, 0.15) is 23.5 Å². The standard InChI is InChI=1S/C24H18ClN3OS/c25-17-11-9-16(10-12-17)20-13-14-21(29-20)23-22(19-8-4-5-15-26-19)27-24(30)28(23)18-6-2-1-3-7-18/h1-15,22-23H,(H,27,30). The van der Waals surface area contributed by atoms with Crippen LogP contribution in [-0.2, 0) is 0 Å². The number of nitrogens with zero attached hydrogens (tertiary/aromatic N) is 2. The van der Waals surface area contributed by atoms with Gasteiger partial charge in [-0.2, -0.15) is 0 Å². The number of halogens is 1. The minimum absolute atomic E-state index is 0.136. The quantitative estimate of drug-likeness (QED) is 0.391. The molecule has 0 saturated carbocycles. The number of benzene rings is 2. The highest BCUT2D eigenvalue weighted by atomic mass is 35.5. The van der Waals surface area contributed by atoms with Crippen molar-refractivity contribution in [2.45, 2.75) is 12.1 Å². The van der Waals surface area contributed by atoms with Crippen LogP contribution in [0.2, 0.25) is 5.02 Å². The van der Waals surface area contributed by atoms with Crippen molar-refractivity contribution in [1.82, 2.24) is 10.3 Å². The number of thiocarbonyl (C=S) groups is 1. The second-order valence-corrected chi connectivity index (χ2v) is 7.86. The minimum Gasteiger partial charge on any atom is -0.459 e. The molecule has 0 bridgehead atoms. The monoisotopic (exact) mass is 431 g/mol. The van der Waals surface area contributed by atoms with Crippen molar-refractivity contribution in [3.05, 3.63) is 108 Å². The molecule has 1 saturated heterocycles. The van der Waals surface area contributed by atoms with E-state index in [0.717, 1.165) is 28.5 Å². The summed E-state index contributed by atoms with van der Waals surface area (Å²) < 4.78 is 6.33. The third-order valence-electron chi connectivity index (χ3n) is 5.18. The Labute approximate surface area is 185 Å². The van der Waals surface area contributed by atoms with Crippen molar-refractivity contribution in [1.29, 1.82) is 0 Å². The SMILES string of the molecule is S=C1NC(c2ccccn2)C(c2ccc(-c3ccc(Cl)cc3)o2)N1c1ccccc1.